The molecule has 0 aliphatic heterocycles. The summed E-state index contributed by atoms with van der Waals surface area (Å²) in [6.45, 7) is 7.06. The van der Waals surface area contributed by atoms with Crippen LogP contribution in [0.2, 0.25) is 0 Å². The van der Waals surface area contributed by atoms with Gasteiger partial charge in [0.15, 0.2) is 0 Å². The summed E-state index contributed by atoms with van der Waals surface area (Å²) < 4.78 is 0. The molecule has 3 heteroatoms. The highest BCUT2D eigenvalue weighted by molar-refractivity contribution is 5.72. The molecular weight excluding hydrogens is 128 g/mol. The molecule has 66 valence electrons. The second kappa shape index (κ2) is 11.3. The second-order valence-electron chi connectivity index (χ2n) is 1.59. The van der Waals surface area contributed by atoms with Crippen molar-refractivity contribution in [3.8, 4) is 0 Å². The summed E-state index contributed by atoms with van der Waals surface area (Å²) in [6.07, 6.45) is 0. The third-order valence-electron chi connectivity index (χ3n) is 0.749. The smallest absolute Gasteiger partial charge is 0.216 e. The van der Waals surface area contributed by atoms with Crippen LogP contribution >= 0.6 is 0 Å². The van der Waals surface area contributed by atoms with Gasteiger partial charge in [0.1, 0.15) is 0 Å². The lowest BCUT2D eigenvalue weighted by Gasteiger charge is -1.97. The van der Waals surface area contributed by atoms with Crippen LogP contribution in [0.5, 0.6) is 0 Å². The highest BCUT2D eigenvalue weighted by Crippen LogP contribution is 1.57. The first kappa shape index (κ1) is 12.1. The van der Waals surface area contributed by atoms with Gasteiger partial charge in [0, 0.05) is 22.9 Å². The van der Waals surface area contributed by atoms with Crippen LogP contribution in [-0.2, 0) is 4.79 Å². The molecule has 0 saturated carbocycles. The van der Waals surface area contributed by atoms with Gasteiger partial charge in [-0.05, 0) is 7.05 Å². The summed E-state index contributed by atoms with van der Waals surface area (Å²) in [4.78, 5) is 10.2. The summed E-state index contributed by atoms with van der Waals surface area (Å²) in [5.74, 6) is 0.0280. The molecule has 0 saturated heterocycles. The summed E-state index contributed by atoms with van der Waals surface area (Å²) in [5, 5.41) is 5.55. The van der Waals surface area contributed by atoms with E-state index in [0.29, 0.717) is 6.54 Å². The Morgan fingerprint density at radius 2 is 1.90 bits per heavy atom. The minimum atomic E-state index is 0. The molecule has 0 aromatic rings. The quantitative estimate of drug-likeness (QED) is 0.586. The van der Waals surface area contributed by atoms with Crippen LogP contribution in [0.1, 0.15) is 23.6 Å². The van der Waals surface area contributed by atoms with Crippen LogP contribution < -0.4 is 10.6 Å². The lowest BCUT2D eigenvalue weighted by Crippen LogP contribution is -2.28. The van der Waals surface area contributed by atoms with Gasteiger partial charge in [-0.2, -0.15) is 0 Å². The van der Waals surface area contributed by atoms with Gasteiger partial charge in [-0.25, -0.2) is 0 Å². The largest absolute Gasteiger partial charge is 0.355 e. The van der Waals surface area contributed by atoms with E-state index in [0.717, 1.165) is 6.54 Å². The van der Waals surface area contributed by atoms with E-state index in [-0.39, 0.29) is 8.76 Å². The Bertz CT molecular complexity index is 81.8. The van der Waals surface area contributed by atoms with Gasteiger partial charge in [0.05, 0.1) is 0 Å². The van der Waals surface area contributed by atoms with Gasteiger partial charge in [0.2, 0.25) is 5.91 Å². The van der Waals surface area contributed by atoms with Crippen LogP contribution in [0.15, 0.2) is 0 Å². The molecule has 0 aromatic heterocycles. The number of rotatable bonds is 3. The van der Waals surface area contributed by atoms with Crippen LogP contribution in [0.25, 0.3) is 0 Å². The van der Waals surface area contributed by atoms with E-state index in [1.165, 1.54) is 6.92 Å². The van der Waals surface area contributed by atoms with E-state index in [9.17, 15) is 4.79 Å². The van der Waals surface area contributed by atoms with Crippen molar-refractivity contribution < 1.29 is 7.65 Å². The van der Waals surface area contributed by atoms with E-state index in [1.54, 1.807) is 0 Å². The van der Waals surface area contributed by atoms with E-state index in [2.05, 4.69) is 10.6 Å². The van der Waals surface area contributed by atoms with Gasteiger partial charge in [-0.1, -0.05) is 13.8 Å². The van der Waals surface area contributed by atoms with Gasteiger partial charge in [0.25, 0.3) is 0 Å². The molecule has 0 rings (SSSR count). The van der Waals surface area contributed by atoms with Gasteiger partial charge < -0.3 is 10.6 Å². The van der Waals surface area contributed by atoms with E-state index >= 15 is 0 Å². The molecular formula is C7H22N2O. The van der Waals surface area contributed by atoms with Crippen molar-refractivity contribution in [2.45, 2.75) is 20.8 Å². The summed E-state index contributed by atoms with van der Waals surface area (Å²) in [7, 11) is 1.85. The Morgan fingerprint density at radius 3 is 2.20 bits per heavy atom. The van der Waals surface area contributed by atoms with Crippen LogP contribution in [0.3, 0.4) is 0 Å². The number of carbonyl (C=O) groups excluding carboxylic acids is 1. The fraction of sp³-hybridized carbons (Fsp3) is 0.857. The molecule has 0 aromatic carbocycles. The number of hydrogen-bond donors (Lipinski definition) is 2. The predicted molar refractivity (Wildman–Crippen MR) is 48.2 cm³/mol. The van der Waals surface area contributed by atoms with Crippen molar-refractivity contribution in [3.05, 3.63) is 0 Å². The van der Waals surface area contributed by atoms with Crippen LogP contribution in [0.4, 0.5) is 0 Å². The minimum Gasteiger partial charge on any atom is -0.355 e. The zero-order valence-corrected chi connectivity index (χ0v) is 7.32. The summed E-state index contributed by atoms with van der Waals surface area (Å²) in [6, 6.07) is 0. The Labute approximate surface area is 66.2 Å². The first-order chi connectivity index (χ1) is 4.77. The fourth-order valence-electron chi connectivity index (χ4n) is 0.364. The zero-order chi connectivity index (χ0) is 8.41. The molecule has 0 atom stereocenters. The first-order valence-electron chi connectivity index (χ1n) is 3.66. The molecule has 2 N–H and O–H groups in total. The molecule has 0 unspecified atom stereocenters. The average molecular weight is 150 g/mol. The standard InChI is InChI=1S/C5H12N2O.C2H6.2H2/c1-5(8)7-4-3-6-2;1-2;;/h6H,3-4H2,1-2H3,(H,7,8);1-2H3;2*1H. The number of nitrogens with one attached hydrogen (secondary N) is 2. The van der Waals surface area contributed by atoms with Crippen molar-refractivity contribution in [2.75, 3.05) is 20.1 Å². The third-order valence-corrected chi connectivity index (χ3v) is 0.749. The SMILES string of the molecule is CC.CNCCNC(C)=O.[HH].[HH]. The van der Waals surface area contributed by atoms with Crippen LogP contribution in [0, 0.1) is 0 Å². The first-order valence-corrected chi connectivity index (χ1v) is 3.66. The topological polar surface area (TPSA) is 41.1 Å². The number of amides is 1. The second-order valence-corrected chi connectivity index (χ2v) is 1.59. The lowest BCUT2D eigenvalue weighted by atomic mass is 10.6. The van der Waals surface area contributed by atoms with Gasteiger partial charge in [-0.3, -0.25) is 4.79 Å². The minimum absolute atomic E-state index is 0. The maximum absolute atomic E-state index is 10.2. The Hall–Kier alpha value is -0.570. The molecule has 3 nitrogen and oxygen atoms in total. The average Bonchev–Trinajstić information content (AvgIpc) is 1.92. The van der Waals surface area contributed by atoms with Crippen molar-refractivity contribution in [3.63, 3.8) is 0 Å². The molecule has 0 bridgehead atoms. The predicted octanol–water partition coefficient (Wildman–Crippen LogP) is 0.860. The van der Waals surface area contributed by atoms with Crippen molar-refractivity contribution in [2.24, 2.45) is 0 Å². The maximum atomic E-state index is 10.2. The fourth-order valence-corrected chi connectivity index (χ4v) is 0.364. The van der Waals surface area contributed by atoms with Gasteiger partial charge in [-0.15, -0.1) is 0 Å². The number of likely N-dealkylation sites (N-methyl/N-ethyl adjacent to an activating group) is 1. The normalized spacial score (nSPS) is 7.60. The molecule has 0 fully saturated rings. The van der Waals surface area contributed by atoms with E-state index < -0.39 is 0 Å². The highest BCUT2D eigenvalue weighted by atomic mass is 16.1. The summed E-state index contributed by atoms with van der Waals surface area (Å²) >= 11 is 0. The van der Waals surface area contributed by atoms with Crippen molar-refractivity contribution in [1.29, 1.82) is 0 Å². The molecule has 0 aliphatic carbocycles. The zero-order valence-electron chi connectivity index (χ0n) is 7.32. The molecule has 0 radical (unpaired) electrons. The number of carbonyl (C=O) groups is 1. The molecule has 0 spiro atoms. The molecule has 0 heterocycles. The highest BCUT2D eigenvalue weighted by Gasteiger charge is 1.85. The van der Waals surface area contributed by atoms with Crippen molar-refractivity contribution >= 4 is 5.91 Å². The van der Waals surface area contributed by atoms with Crippen molar-refractivity contribution in [1.82, 2.24) is 10.6 Å². The molecule has 0 aliphatic rings. The molecule has 10 heavy (non-hydrogen) atoms. The van der Waals surface area contributed by atoms with Gasteiger partial charge >= 0.3 is 0 Å². The monoisotopic (exact) mass is 150 g/mol. The van der Waals surface area contributed by atoms with Crippen LogP contribution in [-0.4, -0.2) is 26.0 Å². The summed E-state index contributed by atoms with van der Waals surface area (Å²) in [5.41, 5.74) is 0. The number of hydrogen-bond acceptors (Lipinski definition) is 2. The van der Waals surface area contributed by atoms with E-state index in [4.69, 9.17) is 0 Å². The Balaban J connectivity index is -0.0000000740. The molecule has 1 amide bonds. The lowest BCUT2D eigenvalue weighted by molar-refractivity contribution is -0.118. The Morgan fingerprint density at radius 1 is 1.40 bits per heavy atom. The Kier molecular flexibility index (Phi) is 13.7. The maximum Gasteiger partial charge on any atom is 0.216 e. The van der Waals surface area contributed by atoms with E-state index in [1.807, 2.05) is 20.9 Å². The third kappa shape index (κ3) is 15.7.